The Morgan fingerprint density at radius 3 is 2.90 bits per heavy atom. The van der Waals surface area contributed by atoms with Crippen LogP contribution >= 0.6 is 0 Å². The van der Waals surface area contributed by atoms with Gasteiger partial charge in [-0.3, -0.25) is 0 Å². The van der Waals surface area contributed by atoms with Crippen LogP contribution in [0.3, 0.4) is 0 Å². The van der Waals surface area contributed by atoms with Gasteiger partial charge in [0, 0.05) is 25.9 Å². The highest BCUT2D eigenvalue weighted by molar-refractivity contribution is 6.73. The Morgan fingerprint density at radius 1 is 1.40 bits per heavy atom. The Labute approximate surface area is 123 Å². The lowest BCUT2D eigenvalue weighted by Gasteiger charge is -2.30. The second-order valence-corrected chi connectivity index (χ2v) is 7.90. The van der Waals surface area contributed by atoms with Crippen molar-refractivity contribution in [3.8, 4) is 0 Å². The predicted molar refractivity (Wildman–Crippen MR) is 87.1 cm³/mol. The summed E-state index contributed by atoms with van der Waals surface area (Å²) in [4.78, 5) is 2.53. The molecule has 0 radical (unpaired) electrons. The number of hydrogen-bond acceptors (Lipinski definition) is 3. The molecule has 1 fully saturated rings. The van der Waals surface area contributed by atoms with E-state index in [9.17, 15) is 0 Å². The van der Waals surface area contributed by atoms with E-state index in [4.69, 9.17) is 9.47 Å². The predicted octanol–water partition coefficient (Wildman–Crippen LogP) is 1.21. The molecule has 1 aliphatic rings. The molecular formula is C16H25NO2Si. The van der Waals surface area contributed by atoms with Crippen LogP contribution < -0.4 is 5.19 Å². The van der Waals surface area contributed by atoms with Crippen LogP contribution in [-0.4, -0.2) is 59.0 Å². The lowest BCUT2D eigenvalue weighted by molar-refractivity contribution is 0.0454. The third-order valence-corrected chi connectivity index (χ3v) is 6.62. The van der Waals surface area contributed by atoms with E-state index < -0.39 is 8.80 Å². The van der Waals surface area contributed by atoms with Crippen LogP contribution in [0, 0.1) is 0 Å². The van der Waals surface area contributed by atoms with E-state index in [0.29, 0.717) is 0 Å². The molecule has 0 spiro atoms. The fourth-order valence-electron chi connectivity index (χ4n) is 2.55. The van der Waals surface area contributed by atoms with Crippen LogP contribution in [0.1, 0.15) is 12.5 Å². The molecule has 2 rings (SSSR count). The van der Waals surface area contributed by atoms with Gasteiger partial charge in [0.2, 0.25) is 0 Å². The molecule has 0 aromatic heterocycles. The number of ether oxygens (including phenoxy) is 2. The first-order valence-electron chi connectivity index (χ1n) is 7.43. The van der Waals surface area contributed by atoms with Gasteiger partial charge in [0.25, 0.3) is 0 Å². The highest BCUT2D eigenvalue weighted by Gasteiger charge is 2.20. The summed E-state index contributed by atoms with van der Waals surface area (Å²) in [6.45, 7) is 10.6. The van der Waals surface area contributed by atoms with Gasteiger partial charge in [0.05, 0.1) is 13.2 Å². The van der Waals surface area contributed by atoms with E-state index in [-0.39, 0.29) is 0 Å². The minimum Gasteiger partial charge on any atom is -0.385 e. The Bertz CT molecular complexity index is 419. The summed E-state index contributed by atoms with van der Waals surface area (Å²) in [6, 6.07) is 8.78. The maximum atomic E-state index is 5.74. The lowest BCUT2D eigenvalue weighted by Crippen LogP contribution is -2.49. The summed E-state index contributed by atoms with van der Waals surface area (Å²) in [5, 5.41) is 1.47. The molecule has 1 aliphatic heterocycles. The minimum atomic E-state index is -1.12. The maximum Gasteiger partial charge on any atom is 0.114 e. The van der Waals surface area contributed by atoms with Gasteiger partial charge in [-0.05, 0) is 18.7 Å². The summed E-state index contributed by atoms with van der Waals surface area (Å²) >= 11 is 0. The molecule has 110 valence electrons. The lowest BCUT2D eigenvalue weighted by atomic mass is 10.2. The molecule has 20 heavy (non-hydrogen) atoms. The quantitative estimate of drug-likeness (QED) is 0.705. The van der Waals surface area contributed by atoms with E-state index in [1.165, 1.54) is 16.9 Å². The van der Waals surface area contributed by atoms with Crippen molar-refractivity contribution in [1.82, 2.24) is 4.90 Å². The van der Waals surface area contributed by atoms with Crippen molar-refractivity contribution in [2.75, 3.05) is 45.3 Å². The molecular weight excluding hydrogens is 266 g/mol. The summed E-state index contributed by atoms with van der Waals surface area (Å²) < 4.78 is 11.2. The average Bonchev–Trinajstić information content (AvgIpc) is 2.52. The monoisotopic (exact) mass is 291 g/mol. The van der Waals surface area contributed by atoms with E-state index >= 15 is 0 Å². The van der Waals surface area contributed by atoms with Crippen molar-refractivity contribution in [3.05, 3.63) is 36.4 Å². The highest BCUT2D eigenvalue weighted by atomic mass is 28.3. The minimum absolute atomic E-state index is 0.799. The van der Waals surface area contributed by atoms with Crippen molar-refractivity contribution < 1.29 is 9.47 Å². The summed E-state index contributed by atoms with van der Waals surface area (Å²) in [6.07, 6.45) is 4.00. The maximum absolute atomic E-state index is 5.74. The van der Waals surface area contributed by atoms with Crippen molar-refractivity contribution in [1.29, 1.82) is 0 Å². The smallest absolute Gasteiger partial charge is 0.114 e. The first-order chi connectivity index (χ1) is 9.83. The van der Waals surface area contributed by atoms with Crippen LogP contribution in [0.2, 0.25) is 0 Å². The molecule has 1 heterocycles. The number of rotatable bonds is 7. The van der Waals surface area contributed by atoms with Crippen molar-refractivity contribution in [2.45, 2.75) is 6.92 Å². The second kappa shape index (κ2) is 8.37. The molecule has 1 aromatic rings. The van der Waals surface area contributed by atoms with Gasteiger partial charge in [-0.1, -0.05) is 42.1 Å². The Balaban J connectivity index is 2.06. The molecule has 0 amide bonds. The molecule has 1 atom stereocenters. The van der Waals surface area contributed by atoms with Gasteiger partial charge in [0.1, 0.15) is 8.80 Å². The van der Waals surface area contributed by atoms with Crippen LogP contribution in [0.25, 0.3) is 6.08 Å². The Kier molecular flexibility index (Phi) is 6.46. The first-order valence-corrected chi connectivity index (χ1v) is 9.64. The van der Waals surface area contributed by atoms with E-state index in [0.717, 1.165) is 39.1 Å². The highest BCUT2D eigenvalue weighted by Crippen LogP contribution is 2.03. The van der Waals surface area contributed by atoms with Crippen molar-refractivity contribution in [3.63, 3.8) is 0 Å². The van der Waals surface area contributed by atoms with E-state index in [1.54, 1.807) is 0 Å². The Hall–Kier alpha value is -0.943. The SMILES string of the molecule is C=Cc1cccc([SiH](COCC)CN2CCOCC2)c1. The zero-order valence-electron chi connectivity index (χ0n) is 12.4. The zero-order valence-corrected chi connectivity index (χ0v) is 13.5. The molecule has 0 saturated carbocycles. The normalized spacial score (nSPS) is 17.9. The number of benzene rings is 1. The standard InChI is InChI=1S/C16H25NO2Si/c1-3-15-6-5-7-16(12-15)20(14-18-4-2)13-17-8-10-19-11-9-17/h3,5-7,12,20H,1,4,8-11,13-14H2,2H3. The van der Waals surface area contributed by atoms with Gasteiger partial charge in [-0.25, -0.2) is 0 Å². The zero-order chi connectivity index (χ0) is 14.2. The van der Waals surface area contributed by atoms with Gasteiger partial charge in [-0.2, -0.15) is 0 Å². The molecule has 1 unspecified atom stereocenters. The third kappa shape index (κ3) is 4.56. The average molecular weight is 291 g/mol. The summed E-state index contributed by atoms with van der Waals surface area (Å²) in [5.41, 5.74) is 1.21. The van der Waals surface area contributed by atoms with Crippen LogP contribution in [0.5, 0.6) is 0 Å². The molecule has 0 bridgehead atoms. The van der Waals surface area contributed by atoms with E-state index in [1.807, 2.05) is 6.08 Å². The fraction of sp³-hybridized carbons (Fsp3) is 0.500. The fourth-order valence-corrected chi connectivity index (χ4v) is 5.38. The molecule has 0 aliphatic carbocycles. The van der Waals surface area contributed by atoms with Crippen LogP contribution in [0.4, 0.5) is 0 Å². The largest absolute Gasteiger partial charge is 0.385 e. The van der Waals surface area contributed by atoms with Gasteiger partial charge < -0.3 is 14.4 Å². The van der Waals surface area contributed by atoms with Gasteiger partial charge in [0.15, 0.2) is 0 Å². The second-order valence-electron chi connectivity index (χ2n) is 5.14. The van der Waals surface area contributed by atoms with Crippen molar-refractivity contribution >= 4 is 20.1 Å². The topological polar surface area (TPSA) is 21.7 Å². The number of nitrogens with zero attached hydrogens (tertiary/aromatic N) is 1. The molecule has 1 saturated heterocycles. The number of hydrogen-bond donors (Lipinski definition) is 0. The van der Waals surface area contributed by atoms with Crippen LogP contribution in [0.15, 0.2) is 30.8 Å². The van der Waals surface area contributed by atoms with Crippen LogP contribution in [-0.2, 0) is 9.47 Å². The third-order valence-electron chi connectivity index (χ3n) is 3.72. The Morgan fingerprint density at radius 2 is 2.20 bits per heavy atom. The number of morpholine rings is 1. The van der Waals surface area contributed by atoms with E-state index in [2.05, 4.69) is 42.7 Å². The van der Waals surface area contributed by atoms with Crippen molar-refractivity contribution in [2.24, 2.45) is 0 Å². The molecule has 0 N–H and O–H groups in total. The molecule has 1 aromatic carbocycles. The van der Waals surface area contributed by atoms with Gasteiger partial charge in [-0.15, -0.1) is 0 Å². The summed E-state index contributed by atoms with van der Waals surface area (Å²) in [7, 11) is -1.12. The summed E-state index contributed by atoms with van der Waals surface area (Å²) in [5.74, 6) is 0. The first kappa shape index (κ1) is 15.4. The van der Waals surface area contributed by atoms with Gasteiger partial charge >= 0.3 is 0 Å². The molecule has 4 heteroatoms. The molecule has 3 nitrogen and oxygen atoms in total.